The van der Waals surface area contributed by atoms with E-state index in [1.165, 1.54) is 51.3 Å². The van der Waals surface area contributed by atoms with Crippen molar-refractivity contribution in [2.75, 3.05) is 17.7 Å². The molecule has 0 aliphatic rings. The minimum absolute atomic E-state index is 0.00830. The number of ether oxygens (including phenoxy) is 1. The quantitative estimate of drug-likeness (QED) is 0.201. The van der Waals surface area contributed by atoms with Crippen molar-refractivity contribution in [3.63, 3.8) is 0 Å². The van der Waals surface area contributed by atoms with Gasteiger partial charge in [0.15, 0.2) is 5.88 Å². The molecule has 0 unspecified atom stereocenters. The SMILES string of the molecule is COC(=O)Cc1cccc(C(=Nc2ccc(N(C(C)(C)C(N)=O)S(C)(=O)=O)cc2)c2c(O)[nH]c3cc(F)ccc23)c1. The molecule has 1 heterocycles. The molecule has 4 N–H and O–H groups in total. The number of nitrogens with two attached hydrogens (primary N) is 1. The number of anilines is 1. The minimum Gasteiger partial charge on any atom is -0.494 e. The number of halogens is 1. The van der Waals surface area contributed by atoms with E-state index < -0.39 is 33.3 Å². The van der Waals surface area contributed by atoms with Gasteiger partial charge in [-0.25, -0.2) is 17.8 Å². The fourth-order valence-electron chi connectivity index (χ4n) is 4.55. The number of benzene rings is 3. The van der Waals surface area contributed by atoms with Gasteiger partial charge in [-0.05, 0) is 67.9 Å². The predicted molar refractivity (Wildman–Crippen MR) is 154 cm³/mol. The number of aliphatic imine (C=N–C) groups is 1. The number of carbonyl (C=O) groups is 2. The number of primary amides is 1. The summed E-state index contributed by atoms with van der Waals surface area (Å²) in [6.45, 7) is 2.81. The average Bonchev–Trinajstić information content (AvgIpc) is 3.21. The van der Waals surface area contributed by atoms with Crippen LogP contribution in [0.1, 0.15) is 30.5 Å². The number of methoxy groups -OCH3 is 1. The molecule has 0 bridgehead atoms. The molecule has 0 saturated heterocycles. The molecule has 1 aromatic heterocycles. The number of nitrogens with one attached hydrogen (secondary N) is 1. The Bertz CT molecular complexity index is 1780. The lowest BCUT2D eigenvalue weighted by molar-refractivity contribution is -0.139. The number of carbonyl (C=O) groups excluding carboxylic acids is 2. The van der Waals surface area contributed by atoms with Crippen LogP contribution in [0.25, 0.3) is 10.9 Å². The molecule has 0 saturated carbocycles. The molecule has 0 spiro atoms. The van der Waals surface area contributed by atoms with Gasteiger partial charge in [-0.1, -0.05) is 18.2 Å². The second-order valence-corrected chi connectivity index (χ2v) is 11.8. The van der Waals surface area contributed by atoms with Gasteiger partial charge in [-0.2, -0.15) is 0 Å². The zero-order chi connectivity index (χ0) is 30.1. The summed E-state index contributed by atoms with van der Waals surface area (Å²) >= 11 is 0. The number of aromatic hydroxyl groups is 1. The van der Waals surface area contributed by atoms with Crippen molar-refractivity contribution >= 4 is 49.9 Å². The van der Waals surface area contributed by atoms with Crippen LogP contribution >= 0.6 is 0 Å². The molecule has 4 aromatic rings. The zero-order valence-electron chi connectivity index (χ0n) is 22.8. The van der Waals surface area contributed by atoms with E-state index in [0.29, 0.717) is 39.0 Å². The van der Waals surface area contributed by atoms with Crippen molar-refractivity contribution in [3.05, 3.63) is 89.2 Å². The topological polar surface area (TPSA) is 155 Å². The Labute approximate surface area is 236 Å². The van der Waals surface area contributed by atoms with E-state index in [0.717, 1.165) is 10.6 Å². The van der Waals surface area contributed by atoms with Gasteiger partial charge in [0, 0.05) is 10.9 Å². The van der Waals surface area contributed by atoms with Crippen LogP contribution in [-0.4, -0.2) is 55.0 Å². The van der Waals surface area contributed by atoms with Crippen LogP contribution in [0.15, 0.2) is 71.7 Å². The molecule has 0 radical (unpaired) electrons. The number of nitrogens with zero attached hydrogens (tertiary/aromatic N) is 2. The highest BCUT2D eigenvalue weighted by molar-refractivity contribution is 7.92. The minimum atomic E-state index is -3.89. The molecule has 0 fully saturated rings. The first kappa shape index (κ1) is 29.3. The predicted octanol–water partition coefficient (Wildman–Crippen LogP) is 3.93. The van der Waals surface area contributed by atoms with E-state index in [-0.39, 0.29) is 18.0 Å². The van der Waals surface area contributed by atoms with E-state index in [2.05, 4.69) is 4.98 Å². The number of H-pyrrole nitrogens is 1. The molecule has 214 valence electrons. The van der Waals surface area contributed by atoms with Crippen LogP contribution in [0.5, 0.6) is 5.88 Å². The second kappa shape index (κ2) is 11.0. The third-order valence-electron chi connectivity index (χ3n) is 6.52. The van der Waals surface area contributed by atoms with Gasteiger partial charge in [-0.3, -0.25) is 13.9 Å². The van der Waals surface area contributed by atoms with Gasteiger partial charge < -0.3 is 20.6 Å². The molecule has 0 atom stereocenters. The number of esters is 1. The fraction of sp³-hybridized carbons (Fsp3) is 0.207. The number of rotatable bonds is 9. The fourth-order valence-corrected chi connectivity index (χ4v) is 5.97. The molecule has 1 amide bonds. The maximum atomic E-state index is 13.9. The summed E-state index contributed by atoms with van der Waals surface area (Å²) in [4.78, 5) is 31.5. The maximum Gasteiger partial charge on any atom is 0.309 e. The van der Waals surface area contributed by atoms with E-state index in [1.54, 1.807) is 36.4 Å². The van der Waals surface area contributed by atoms with Crippen LogP contribution in [-0.2, 0) is 30.8 Å². The number of aromatic amines is 1. The van der Waals surface area contributed by atoms with E-state index >= 15 is 0 Å². The number of hydrogen-bond donors (Lipinski definition) is 3. The highest BCUT2D eigenvalue weighted by atomic mass is 32.2. The standard InChI is InChI=1S/C29H29FN4O6S/c1-29(2,28(31)37)34(41(4,38)39)21-11-9-20(10-12-21)32-26(18-7-5-6-17(14-18)15-24(35)40-3)25-22-13-8-19(30)16-23(22)33-27(25)36/h5-14,16,33,36H,15H2,1-4H3,(H2,31,37). The summed E-state index contributed by atoms with van der Waals surface area (Å²) in [7, 11) is -2.60. The Balaban J connectivity index is 1.89. The smallest absolute Gasteiger partial charge is 0.309 e. The maximum absolute atomic E-state index is 13.9. The van der Waals surface area contributed by atoms with Crippen LogP contribution in [0.2, 0.25) is 0 Å². The molecule has 12 heteroatoms. The summed E-state index contributed by atoms with van der Waals surface area (Å²) in [5.74, 6) is -2.00. The van der Waals surface area contributed by atoms with Crippen LogP contribution in [0.4, 0.5) is 15.8 Å². The Hall–Kier alpha value is -4.71. The van der Waals surface area contributed by atoms with Gasteiger partial charge in [-0.15, -0.1) is 0 Å². The molecule has 10 nitrogen and oxygen atoms in total. The Morgan fingerprint density at radius 1 is 1.10 bits per heavy atom. The molecule has 0 aliphatic heterocycles. The molecular weight excluding hydrogens is 551 g/mol. The first-order valence-electron chi connectivity index (χ1n) is 12.4. The van der Waals surface area contributed by atoms with Gasteiger partial charge >= 0.3 is 5.97 Å². The summed E-state index contributed by atoms with van der Waals surface area (Å²) in [6, 6.07) is 17.1. The van der Waals surface area contributed by atoms with Crippen molar-refractivity contribution < 1.29 is 32.2 Å². The van der Waals surface area contributed by atoms with Crippen molar-refractivity contribution in [2.24, 2.45) is 10.7 Å². The number of hydrogen-bond acceptors (Lipinski definition) is 7. The van der Waals surface area contributed by atoms with Crippen molar-refractivity contribution in [1.82, 2.24) is 4.98 Å². The zero-order valence-corrected chi connectivity index (χ0v) is 23.6. The molecule has 3 aromatic carbocycles. The third kappa shape index (κ3) is 6.07. The summed E-state index contributed by atoms with van der Waals surface area (Å²) in [5.41, 5.74) is 6.66. The van der Waals surface area contributed by atoms with Crippen LogP contribution < -0.4 is 10.0 Å². The Kier molecular flexibility index (Phi) is 7.89. The number of sulfonamides is 1. The molecule has 4 rings (SSSR count). The average molecular weight is 581 g/mol. The second-order valence-electron chi connectivity index (χ2n) is 9.92. The lowest BCUT2D eigenvalue weighted by Crippen LogP contribution is -2.55. The van der Waals surface area contributed by atoms with E-state index in [1.807, 2.05) is 0 Å². The highest BCUT2D eigenvalue weighted by Gasteiger charge is 2.39. The van der Waals surface area contributed by atoms with Gasteiger partial charge in [0.25, 0.3) is 0 Å². The van der Waals surface area contributed by atoms with Gasteiger partial charge in [0.1, 0.15) is 11.4 Å². The van der Waals surface area contributed by atoms with Crippen LogP contribution in [0.3, 0.4) is 0 Å². The number of amides is 1. The normalized spacial score (nSPS) is 12.4. The lowest BCUT2D eigenvalue weighted by Gasteiger charge is -2.35. The molecule has 41 heavy (non-hydrogen) atoms. The van der Waals surface area contributed by atoms with Crippen molar-refractivity contribution in [3.8, 4) is 5.88 Å². The van der Waals surface area contributed by atoms with E-state index in [4.69, 9.17) is 15.5 Å². The monoisotopic (exact) mass is 580 g/mol. The Morgan fingerprint density at radius 2 is 1.78 bits per heavy atom. The summed E-state index contributed by atoms with van der Waals surface area (Å²) in [6.07, 6.45) is 0.986. The first-order chi connectivity index (χ1) is 19.2. The summed E-state index contributed by atoms with van der Waals surface area (Å²) in [5, 5.41) is 11.4. The van der Waals surface area contributed by atoms with Crippen molar-refractivity contribution in [1.29, 1.82) is 0 Å². The molecule has 0 aliphatic carbocycles. The van der Waals surface area contributed by atoms with Crippen molar-refractivity contribution in [2.45, 2.75) is 25.8 Å². The largest absolute Gasteiger partial charge is 0.494 e. The Morgan fingerprint density at radius 3 is 2.39 bits per heavy atom. The number of aromatic nitrogens is 1. The highest BCUT2D eigenvalue weighted by Crippen LogP contribution is 2.34. The molecular formula is C29H29FN4O6S. The summed E-state index contributed by atoms with van der Waals surface area (Å²) < 4.78 is 44.8. The van der Waals surface area contributed by atoms with Gasteiger partial charge in [0.2, 0.25) is 15.9 Å². The van der Waals surface area contributed by atoms with Crippen LogP contribution in [0, 0.1) is 5.82 Å². The van der Waals surface area contributed by atoms with Gasteiger partial charge in [0.05, 0.1) is 48.0 Å². The lowest BCUT2D eigenvalue weighted by atomic mass is 9.98. The first-order valence-corrected chi connectivity index (χ1v) is 14.2. The number of fused-ring (bicyclic) bond motifs is 1. The van der Waals surface area contributed by atoms with E-state index in [9.17, 15) is 27.5 Å². The third-order valence-corrected chi connectivity index (χ3v) is 7.85.